The number of hydrogen-bond donors (Lipinski definition) is 2. The summed E-state index contributed by atoms with van der Waals surface area (Å²) in [7, 11) is 2.06. The monoisotopic (exact) mass is 264 g/mol. The number of nitrogens with two attached hydrogens (primary N) is 1. The molecule has 0 aliphatic heterocycles. The van der Waals surface area contributed by atoms with Crippen molar-refractivity contribution in [2.45, 2.75) is 37.8 Å². The highest BCUT2D eigenvalue weighted by atomic mass is 16.5. The maximum atomic E-state index is 9.99. The average molecular weight is 264 g/mol. The normalized spacial score (nSPS) is 23.5. The number of ether oxygens (including phenoxy) is 1. The van der Waals surface area contributed by atoms with Gasteiger partial charge in [0.2, 0.25) is 0 Å². The Balaban J connectivity index is 1.74. The van der Waals surface area contributed by atoms with Crippen LogP contribution in [0.4, 0.5) is 5.69 Å². The predicted molar refractivity (Wildman–Crippen MR) is 77.2 cm³/mol. The predicted octanol–water partition coefficient (Wildman–Crippen LogP) is 1.88. The fourth-order valence-corrected chi connectivity index (χ4v) is 2.64. The maximum absolute atomic E-state index is 9.99. The number of likely N-dealkylation sites (N-methyl/N-ethyl adjacent to an activating group) is 1. The van der Waals surface area contributed by atoms with Crippen LogP contribution in [-0.4, -0.2) is 42.4 Å². The van der Waals surface area contributed by atoms with Crippen molar-refractivity contribution in [2.75, 3.05) is 25.9 Å². The molecule has 0 radical (unpaired) electrons. The van der Waals surface area contributed by atoms with Gasteiger partial charge in [-0.2, -0.15) is 0 Å². The molecule has 1 aliphatic rings. The van der Waals surface area contributed by atoms with Crippen molar-refractivity contribution >= 4 is 5.69 Å². The molecule has 3 N–H and O–H groups in total. The topological polar surface area (TPSA) is 58.7 Å². The molecule has 106 valence electrons. The smallest absolute Gasteiger partial charge is 0.119 e. The van der Waals surface area contributed by atoms with Crippen LogP contribution >= 0.6 is 0 Å². The van der Waals surface area contributed by atoms with Crippen molar-refractivity contribution in [3.05, 3.63) is 24.3 Å². The minimum absolute atomic E-state index is 0.185. The quantitative estimate of drug-likeness (QED) is 0.797. The van der Waals surface area contributed by atoms with Gasteiger partial charge in [0.15, 0.2) is 0 Å². The van der Waals surface area contributed by atoms with Gasteiger partial charge >= 0.3 is 0 Å². The highest BCUT2D eigenvalue weighted by molar-refractivity contribution is 5.41. The third-order valence-electron chi connectivity index (χ3n) is 3.85. The van der Waals surface area contributed by atoms with Gasteiger partial charge in [0.25, 0.3) is 0 Å². The largest absolute Gasteiger partial charge is 0.492 e. The lowest BCUT2D eigenvalue weighted by molar-refractivity contribution is 0.0272. The van der Waals surface area contributed by atoms with Gasteiger partial charge in [0, 0.05) is 18.3 Å². The molecule has 1 aromatic carbocycles. The molecule has 0 saturated heterocycles. The number of anilines is 1. The molecule has 1 fully saturated rings. The van der Waals surface area contributed by atoms with Crippen LogP contribution in [0.2, 0.25) is 0 Å². The van der Waals surface area contributed by atoms with E-state index in [0.29, 0.717) is 6.61 Å². The van der Waals surface area contributed by atoms with Crippen molar-refractivity contribution in [2.24, 2.45) is 0 Å². The molecular weight excluding hydrogens is 240 g/mol. The van der Waals surface area contributed by atoms with Crippen LogP contribution in [0.25, 0.3) is 0 Å². The summed E-state index contributed by atoms with van der Waals surface area (Å²) in [6.45, 7) is 1.45. The maximum Gasteiger partial charge on any atom is 0.119 e. The highest BCUT2D eigenvalue weighted by Gasteiger charge is 2.26. The lowest BCUT2D eigenvalue weighted by Crippen LogP contribution is -2.44. The summed E-state index contributed by atoms with van der Waals surface area (Å²) in [5.41, 5.74) is 6.37. The van der Waals surface area contributed by atoms with E-state index in [2.05, 4.69) is 11.9 Å². The summed E-state index contributed by atoms with van der Waals surface area (Å²) in [5, 5.41) is 9.99. The Labute approximate surface area is 115 Å². The molecule has 0 heterocycles. The fourth-order valence-electron chi connectivity index (χ4n) is 2.64. The molecule has 0 amide bonds. The van der Waals surface area contributed by atoms with Crippen LogP contribution in [-0.2, 0) is 0 Å². The fraction of sp³-hybridized carbons (Fsp3) is 0.600. The first-order chi connectivity index (χ1) is 9.16. The molecule has 19 heavy (non-hydrogen) atoms. The molecule has 0 aromatic heterocycles. The number of nitrogen functional groups attached to an aromatic ring is 1. The van der Waals surface area contributed by atoms with E-state index in [9.17, 15) is 5.11 Å². The van der Waals surface area contributed by atoms with E-state index in [-0.39, 0.29) is 12.1 Å². The standard InChI is InChI=1S/C15H24N2O2/c1-17(14-4-2-3-5-15(14)18)10-11-19-13-8-6-12(16)7-9-13/h6-9,14-15,18H,2-5,10-11,16H2,1H3. The molecule has 2 rings (SSSR count). The van der Waals surface area contributed by atoms with Gasteiger partial charge < -0.3 is 15.6 Å². The molecule has 1 aromatic rings. The second-order valence-electron chi connectivity index (χ2n) is 5.32. The Kier molecular flexibility index (Phi) is 5.05. The van der Waals surface area contributed by atoms with E-state index in [1.54, 1.807) is 0 Å². The SMILES string of the molecule is CN(CCOc1ccc(N)cc1)C1CCCCC1O. The number of rotatable bonds is 5. The third kappa shape index (κ3) is 4.11. The van der Waals surface area contributed by atoms with E-state index in [1.165, 1.54) is 6.42 Å². The summed E-state index contributed by atoms with van der Waals surface area (Å²) < 4.78 is 5.68. The Bertz CT molecular complexity index is 380. The Hall–Kier alpha value is -1.26. The first kappa shape index (κ1) is 14.2. The van der Waals surface area contributed by atoms with Crippen molar-refractivity contribution < 1.29 is 9.84 Å². The Morgan fingerprint density at radius 1 is 1.26 bits per heavy atom. The summed E-state index contributed by atoms with van der Waals surface area (Å²) in [5.74, 6) is 0.840. The minimum Gasteiger partial charge on any atom is -0.492 e. The number of aliphatic hydroxyl groups excluding tert-OH is 1. The Morgan fingerprint density at radius 2 is 1.95 bits per heavy atom. The van der Waals surface area contributed by atoms with Crippen molar-refractivity contribution in [3.8, 4) is 5.75 Å². The molecule has 1 aliphatic carbocycles. The van der Waals surface area contributed by atoms with Gasteiger partial charge in [-0.05, 0) is 44.2 Å². The first-order valence-electron chi connectivity index (χ1n) is 7.03. The van der Waals surface area contributed by atoms with Crippen LogP contribution in [0.1, 0.15) is 25.7 Å². The zero-order valence-electron chi connectivity index (χ0n) is 11.6. The molecule has 4 nitrogen and oxygen atoms in total. The van der Waals surface area contributed by atoms with Crippen molar-refractivity contribution in [1.29, 1.82) is 0 Å². The summed E-state index contributed by atoms with van der Waals surface area (Å²) >= 11 is 0. The van der Waals surface area contributed by atoms with E-state index in [0.717, 1.165) is 37.2 Å². The molecule has 0 spiro atoms. The summed E-state index contributed by atoms with van der Waals surface area (Å²) in [6, 6.07) is 7.72. The average Bonchev–Trinajstić information content (AvgIpc) is 2.41. The third-order valence-corrected chi connectivity index (χ3v) is 3.85. The van der Waals surface area contributed by atoms with Gasteiger partial charge in [-0.25, -0.2) is 0 Å². The highest BCUT2D eigenvalue weighted by Crippen LogP contribution is 2.22. The number of nitrogens with zero attached hydrogens (tertiary/aromatic N) is 1. The van der Waals surface area contributed by atoms with Gasteiger partial charge in [-0.1, -0.05) is 12.8 Å². The van der Waals surface area contributed by atoms with Gasteiger partial charge in [0.05, 0.1) is 6.10 Å². The number of hydrogen-bond acceptors (Lipinski definition) is 4. The van der Waals surface area contributed by atoms with E-state index < -0.39 is 0 Å². The van der Waals surface area contributed by atoms with Gasteiger partial charge in [-0.3, -0.25) is 4.90 Å². The van der Waals surface area contributed by atoms with E-state index >= 15 is 0 Å². The lowest BCUT2D eigenvalue weighted by atomic mass is 9.92. The summed E-state index contributed by atoms with van der Waals surface area (Å²) in [6.07, 6.45) is 4.18. The molecule has 2 unspecified atom stereocenters. The molecule has 4 heteroatoms. The van der Waals surface area contributed by atoms with Crippen LogP contribution < -0.4 is 10.5 Å². The van der Waals surface area contributed by atoms with E-state index in [4.69, 9.17) is 10.5 Å². The molecule has 0 bridgehead atoms. The van der Waals surface area contributed by atoms with E-state index in [1.807, 2.05) is 24.3 Å². The van der Waals surface area contributed by atoms with Crippen molar-refractivity contribution in [1.82, 2.24) is 4.90 Å². The lowest BCUT2D eigenvalue weighted by Gasteiger charge is -2.35. The van der Waals surface area contributed by atoms with Gasteiger partial charge in [0.1, 0.15) is 12.4 Å². The molecular formula is C15H24N2O2. The zero-order chi connectivity index (χ0) is 13.7. The molecule has 1 saturated carbocycles. The van der Waals surface area contributed by atoms with Crippen LogP contribution in [0.15, 0.2) is 24.3 Å². The van der Waals surface area contributed by atoms with Gasteiger partial charge in [-0.15, -0.1) is 0 Å². The number of benzene rings is 1. The van der Waals surface area contributed by atoms with Crippen LogP contribution in [0.5, 0.6) is 5.75 Å². The number of aliphatic hydroxyl groups is 1. The Morgan fingerprint density at radius 3 is 2.63 bits per heavy atom. The summed E-state index contributed by atoms with van der Waals surface area (Å²) in [4.78, 5) is 2.21. The first-order valence-corrected chi connectivity index (χ1v) is 7.03. The zero-order valence-corrected chi connectivity index (χ0v) is 11.6. The van der Waals surface area contributed by atoms with Crippen LogP contribution in [0, 0.1) is 0 Å². The second kappa shape index (κ2) is 6.78. The molecule has 2 atom stereocenters. The minimum atomic E-state index is -0.185. The second-order valence-corrected chi connectivity index (χ2v) is 5.32. The van der Waals surface area contributed by atoms with Crippen molar-refractivity contribution in [3.63, 3.8) is 0 Å². The van der Waals surface area contributed by atoms with Crippen LogP contribution in [0.3, 0.4) is 0 Å².